The first-order valence-corrected chi connectivity index (χ1v) is 8.03. The van der Waals surface area contributed by atoms with E-state index < -0.39 is 6.10 Å². The highest BCUT2D eigenvalue weighted by molar-refractivity contribution is 5.91. The number of methoxy groups -OCH3 is 3. The van der Waals surface area contributed by atoms with Gasteiger partial charge in [0.2, 0.25) is 5.91 Å². The molecule has 0 fully saturated rings. The SMILES string of the molecule is COc1ccc(/C=C/C(=O)NCC(OC)c2cccc(F)c2)cc1OC. The van der Waals surface area contributed by atoms with Crippen LogP contribution in [-0.4, -0.2) is 33.8 Å². The van der Waals surface area contributed by atoms with Gasteiger partial charge in [-0.2, -0.15) is 0 Å². The zero-order valence-corrected chi connectivity index (χ0v) is 15.0. The Balaban J connectivity index is 1.96. The van der Waals surface area contributed by atoms with Crippen LogP contribution in [0.1, 0.15) is 17.2 Å². The number of hydrogen-bond donors (Lipinski definition) is 1. The molecule has 0 saturated heterocycles. The van der Waals surface area contributed by atoms with Gasteiger partial charge in [0, 0.05) is 19.7 Å². The van der Waals surface area contributed by atoms with Crippen molar-refractivity contribution in [3.63, 3.8) is 0 Å². The molecule has 0 aliphatic carbocycles. The third kappa shape index (κ3) is 5.32. The van der Waals surface area contributed by atoms with E-state index in [1.165, 1.54) is 25.3 Å². The number of nitrogens with one attached hydrogen (secondary N) is 1. The molecule has 0 radical (unpaired) electrons. The highest BCUT2D eigenvalue weighted by Crippen LogP contribution is 2.27. The molecular formula is C20H22FNO4. The molecule has 0 heterocycles. The summed E-state index contributed by atoms with van der Waals surface area (Å²) in [5, 5.41) is 2.74. The van der Waals surface area contributed by atoms with Crippen molar-refractivity contribution in [3.8, 4) is 11.5 Å². The molecule has 2 aromatic carbocycles. The topological polar surface area (TPSA) is 56.8 Å². The minimum absolute atomic E-state index is 0.231. The lowest BCUT2D eigenvalue weighted by Crippen LogP contribution is -2.27. The van der Waals surface area contributed by atoms with Crippen molar-refractivity contribution in [2.24, 2.45) is 0 Å². The fourth-order valence-electron chi connectivity index (χ4n) is 2.42. The summed E-state index contributed by atoms with van der Waals surface area (Å²) in [7, 11) is 4.63. The zero-order valence-electron chi connectivity index (χ0n) is 15.0. The van der Waals surface area contributed by atoms with Crippen LogP contribution in [-0.2, 0) is 9.53 Å². The van der Waals surface area contributed by atoms with Gasteiger partial charge in [0.25, 0.3) is 0 Å². The van der Waals surface area contributed by atoms with Crippen molar-refractivity contribution in [2.45, 2.75) is 6.10 Å². The lowest BCUT2D eigenvalue weighted by atomic mass is 10.1. The van der Waals surface area contributed by atoms with Gasteiger partial charge in [-0.25, -0.2) is 4.39 Å². The van der Waals surface area contributed by atoms with Crippen LogP contribution >= 0.6 is 0 Å². The maximum atomic E-state index is 13.3. The molecule has 138 valence electrons. The average molecular weight is 359 g/mol. The van der Waals surface area contributed by atoms with Gasteiger partial charge in [-0.3, -0.25) is 4.79 Å². The summed E-state index contributed by atoms with van der Waals surface area (Å²) in [5.74, 6) is 0.579. The van der Waals surface area contributed by atoms with Gasteiger partial charge < -0.3 is 19.5 Å². The largest absolute Gasteiger partial charge is 0.493 e. The molecule has 0 saturated carbocycles. The fourth-order valence-corrected chi connectivity index (χ4v) is 2.42. The number of ether oxygens (including phenoxy) is 3. The van der Waals surface area contributed by atoms with Gasteiger partial charge in [-0.05, 0) is 41.5 Å². The van der Waals surface area contributed by atoms with E-state index in [2.05, 4.69) is 5.32 Å². The molecule has 1 unspecified atom stereocenters. The molecule has 0 aliphatic rings. The van der Waals surface area contributed by atoms with E-state index in [0.29, 0.717) is 17.1 Å². The molecular weight excluding hydrogens is 337 g/mol. The van der Waals surface area contributed by atoms with Crippen molar-refractivity contribution in [2.75, 3.05) is 27.9 Å². The van der Waals surface area contributed by atoms with Crippen LogP contribution in [0.15, 0.2) is 48.5 Å². The number of rotatable bonds is 8. The number of carbonyl (C=O) groups excluding carboxylic acids is 1. The molecule has 0 spiro atoms. The molecule has 1 amide bonds. The smallest absolute Gasteiger partial charge is 0.244 e. The first-order chi connectivity index (χ1) is 12.6. The second-order valence-corrected chi connectivity index (χ2v) is 5.47. The average Bonchev–Trinajstić information content (AvgIpc) is 2.66. The van der Waals surface area contributed by atoms with Crippen LogP contribution in [0.4, 0.5) is 4.39 Å². The zero-order chi connectivity index (χ0) is 18.9. The number of hydrogen-bond acceptors (Lipinski definition) is 4. The quantitative estimate of drug-likeness (QED) is 0.735. The Hall–Kier alpha value is -2.86. The summed E-state index contributed by atoms with van der Waals surface area (Å²) >= 11 is 0. The second-order valence-electron chi connectivity index (χ2n) is 5.47. The van der Waals surface area contributed by atoms with E-state index >= 15 is 0 Å². The first kappa shape index (κ1) is 19.5. The number of amides is 1. The van der Waals surface area contributed by atoms with Gasteiger partial charge in [0.15, 0.2) is 11.5 Å². The molecule has 0 bridgehead atoms. The fraction of sp³-hybridized carbons (Fsp3) is 0.250. The molecule has 1 N–H and O–H groups in total. The Labute approximate surface area is 152 Å². The van der Waals surface area contributed by atoms with Crippen LogP contribution < -0.4 is 14.8 Å². The molecule has 6 heteroatoms. The van der Waals surface area contributed by atoms with Crippen molar-refractivity contribution in [1.29, 1.82) is 0 Å². The third-order valence-electron chi connectivity index (χ3n) is 3.80. The first-order valence-electron chi connectivity index (χ1n) is 8.03. The molecule has 0 aliphatic heterocycles. The summed E-state index contributed by atoms with van der Waals surface area (Å²) in [6, 6.07) is 11.5. The van der Waals surface area contributed by atoms with Gasteiger partial charge in [0.1, 0.15) is 5.82 Å². The molecule has 1 atom stereocenters. The van der Waals surface area contributed by atoms with Crippen molar-refractivity contribution < 1.29 is 23.4 Å². The normalized spacial score (nSPS) is 12.0. The lowest BCUT2D eigenvalue weighted by molar-refractivity contribution is -0.117. The molecule has 2 aromatic rings. The molecule has 26 heavy (non-hydrogen) atoms. The predicted molar refractivity (Wildman–Crippen MR) is 97.7 cm³/mol. The van der Waals surface area contributed by atoms with Gasteiger partial charge >= 0.3 is 0 Å². The predicted octanol–water partition coefficient (Wildman–Crippen LogP) is 3.36. The van der Waals surface area contributed by atoms with Crippen LogP contribution in [0, 0.1) is 5.82 Å². The van der Waals surface area contributed by atoms with Gasteiger partial charge in [-0.1, -0.05) is 18.2 Å². The van der Waals surface area contributed by atoms with E-state index in [1.807, 2.05) is 6.07 Å². The number of benzene rings is 2. The van der Waals surface area contributed by atoms with E-state index in [0.717, 1.165) is 5.56 Å². The van der Waals surface area contributed by atoms with E-state index in [4.69, 9.17) is 14.2 Å². The van der Waals surface area contributed by atoms with Crippen LogP contribution in [0.3, 0.4) is 0 Å². The monoisotopic (exact) mass is 359 g/mol. The van der Waals surface area contributed by atoms with E-state index in [-0.39, 0.29) is 18.3 Å². The van der Waals surface area contributed by atoms with Crippen LogP contribution in [0.2, 0.25) is 0 Å². The summed E-state index contributed by atoms with van der Waals surface area (Å²) in [4.78, 5) is 12.0. The number of halogens is 1. The Kier molecular flexibility index (Phi) is 7.17. The van der Waals surface area contributed by atoms with E-state index in [9.17, 15) is 9.18 Å². The lowest BCUT2D eigenvalue weighted by Gasteiger charge is -2.16. The van der Waals surface area contributed by atoms with Gasteiger partial charge in [-0.15, -0.1) is 0 Å². The maximum Gasteiger partial charge on any atom is 0.244 e. The highest BCUT2D eigenvalue weighted by Gasteiger charge is 2.12. The summed E-state index contributed by atoms with van der Waals surface area (Å²) in [6.45, 7) is 0.231. The molecule has 0 aromatic heterocycles. The Bertz CT molecular complexity index is 776. The molecule has 5 nitrogen and oxygen atoms in total. The number of carbonyl (C=O) groups is 1. The summed E-state index contributed by atoms with van der Waals surface area (Å²) in [6.07, 6.45) is 2.66. The highest BCUT2D eigenvalue weighted by atomic mass is 19.1. The van der Waals surface area contributed by atoms with E-state index in [1.54, 1.807) is 44.6 Å². The second kappa shape index (κ2) is 9.58. The van der Waals surface area contributed by atoms with Crippen LogP contribution in [0.25, 0.3) is 6.08 Å². The van der Waals surface area contributed by atoms with Crippen molar-refractivity contribution in [3.05, 3.63) is 65.5 Å². The van der Waals surface area contributed by atoms with Crippen molar-refractivity contribution >= 4 is 12.0 Å². The Morgan fingerprint density at radius 2 is 1.88 bits per heavy atom. The van der Waals surface area contributed by atoms with Crippen LogP contribution in [0.5, 0.6) is 11.5 Å². The minimum atomic E-state index is -0.427. The minimum Gasteiger partial charge on any atom is -0.493 e. The van der Waals surface area contributed by atoms with Gasteiger partial charge in [0.05, 0.1) is 20.3 Å². The maximum absolute atomic E-state index is 13.3. The summed E-state index contributed by atoms with van der Waals surface area (Å²) < 4.78 is 29.0. The molecule has 2 rings (SSSR count). The third-order valence-corrected chi connectivity index (χ3v) is 3.80. The Morgan fingerprint density at radius 1 is 1.12 bits per heavy atom. The van der Waals surface area contributed by atoms with Crippen molar-refractivity contribution in [1.82, 2.24) is 5.32 Å². The summed E-state index contributed by atoms with van der Waals surface area (Å²) in [5.41, 5.74) is 1.46. The standard InChI is InChI=1S/C20H22FNO4/c1-24-17-9-7-14(11-18(17)25-2)8-10-20(23)22-13-19(26-3)15-5-4-6-16(21)12-15/h4-12,19H,13H2,1-3H3,(H,22,23)/b10-8+. The Morgan fingerprint density at radius 3 is 2.54 bits per heavy atom.